The molecular weight excluding hydrogens is 290 g/mol. The van der Waals surface area contributed by atoms with Gasteiger partial charge in [-0.3, -0.25) is 4.98 Å². The quantitative estimate of drug-likeness (QED) is 0.761. The second-order valence-corrected chi connectivity index (χ2v) is 5.04. The Kier molecular flexibility index (Phi) is 3.02. The third-order valence-electron chi connectivity index (χ3n) is 2.93. The average molecular weight is 302 g/mol. The molecule has 0 amide bonds. The van der Waals surface area contributed by atoms with Gasteiger partial charge in [0.1, 0.15) is 0 Å². The van der Waals surface area contributed by atoms with E-state index in [-0.39, 0.29) is 5.92 Å². The van der Waals surface area contributed by atoms with E-state index in [0.717, 1.165) is 21.4 Å². The van der Waals surface area contributed by atoms with E-state index in [1.807, 2.05) is 30.7 Å². The Balaban J connectivity index is 2.11. The highest BCUT2D eigenvalue weighted by Gasteiger charge is 2.18. The molecule has 0 saturated carbocycles. The molecule has 0 spiro atoms. The van der Waals surface area contributed by atoms with E-state index in [9.17, 15) is 0 Å². The van der Waals surface area contributed by atoms with Crippen molar-refractivity contribution in [2.75, 3.05) is 0 Å². The van der Waals surface area contributed by atoms with E-state index in [0.29, 0.717) is 0 Å². The van der Waals surface area contributed by atoms with Gasteiger partial charge in [0, 0.05) is 40.6 Å². The maximum Gasteiger partial charge on any atom is 0.0656 e. The molecule has 0 aliphatic heterocycles. The Morgan fingerprint density at radius 1 is 1.00 bits per heavy atom. The van der Waals surface area contributed by atoms with Crippen LogP contribution in [-0.2, 0) is 0 Å². The van der Waals surface area contributed by atoms with E-state index in [4.69, 9.17) is 0 Å². The number of nitrogens with one attached hydrogen (secondary N) is 2. The third kappa shape index (κ3) is 2.11. The molecule has 3 aromatic rings. The molecule has 0 aliphatic carbocycles. The summed E-state index contributed by atoms with van der Waals surface area (Å²) >= 11 is 3.47. The molecule has 90 valence electrons. The van der Waals surface area contributed by atoms with Gasteiger partial charge in [-0.25, -0.2) is 0 Å². The fraction of sp³-hybridized carbons (Fsp3) is 0.0714. The number of nitrogens with zero attached hydrogens (tertiary/aromatic N) is 1. The molecule has 0 saturated heterocycles. The highest BCUT2D eigenvalue weighted by Crippen LogP contribution is 2.30. The van der Waals surface area contributed by atoms with Gasteiger partial charge in [-0.1, -0.05) is 0 Å². The lowest BCUT2D eigenvalue weighted by Crippen LogP contribution is -2.04. The zero-order valence-electron chi connectivity index (χ0n) is 9.60. The first kappa shape index (κ1) is 11.3. The van der Waals surface area contributed by atoms with Crippen LogP contribution >= 0.6 is 15.9 Å². The second kappa shape index (κ2) is 4.82. The van der Waals surface area contributed by atoms with Gasteiger partial charge in [0.05, 0.1) is 5.92 Å². The number of aromatic amines is 2. The van der Waals surface area contributed by atoms with E-state index in [1.165, 1.54) is 0 Å². The highest BCUT2D eigenvalue weighted by atomic mass is 79.9. The van der Waals surface area contributed by atoms with Crippen molar-refractivity contribution in [2.24, 2.45) is 0 Å². The van der Waals surface area contributed by atoms with Crippen molar-refractivity contribution in [2.45, 2.75) is 5.92 Å². The molecular formula is C14H12BrN3. The van der Waals surface area contributed by atoms with Crippen LogP contribution in [0.3, 0.4) is 0 Å². The Morgan fingerprint density at radius 2 is 1.67 bits per heavy atom. The first-order chi connectivity index (χ1) is 8.84. The summed E-state index contributed by atoms with van der Waals surface area (Å²) in [5.41, 5.74) is 3.45. The summed E-state index contributed by atoms with van der Waals surface area (Å²) in [5.74, 6) is 0.153. The first-order valence-electron chi connectivity index (χ1n) is 5.71. The van der Waals surface area contributed by atoms with E-state index in [1.54, 1.807) is 6.20 Å². The predicted molar refractivity (Wildman–Crippen MR) is 74.5 cm³/mol. The van der Waals surface area contributed by atoms with Gasteiger partial charge in [-0.2, -0.15) is 0 Å². The molecule has 3 nitrogen and oxygen atoms in total. The maximum atomic E-state index is 4.25. The van der Waals surface area contributed by atoms with Gasteiger partial charge in [-0.05, 0) is 51.8 Å². The lowest BCUT2D eigenvalue weighted by Gasteiger charge is -2.15. The van der Waals surface area contributed by atoms with Crippen LogP contribution in [0.25, 0.3) is 0 Å². The molecule has 0 aromatic carbocycles. The molecule has 0 unspecified atom stereocenters. The monoisotopic (exact) mass is 301 g/mol. The molecule has 18 heavy (non-hydrogen) atoms. The number of rotatable bonds is 3. The number of halogens is 1. The molecule has 0 radical (unpaired) electrons. The van der Waals surface area contributed by atoms with Gasteiger partial charge in [0.2, 0.25) is 0 Å². The van der Waals surface area contributed by atoms with Crippen LogP contribution in [0, 0.1) is 0 Å². The van der Waals surface area contributed by atoms with E-state index in [2.05, 4.69) is 49.1 Å². The lowest BCUT2D eigenvalue weighted by atomic mass is 9.94. The summed E-state index contributed by atoms with van der Waals surface area (Å²) in [6.45, 7) is 0. The Bertz CT molecular complexity index is 580. The summed E-state index contributed by atoms with van der Waals surface area (Å²) in [4.78, 5) is 10.8. The van der Waals surface area contributed by atoms with Crippen LogP contribution in [-0.4, -0.2) is 15.0 Å². The first-order valence-corrected chi connectivity index (χ1v) is 6.51. The van der Waals surface area contributed by atoms with Crippen molar-refractivity contribution < 1.29 is 0 Å². The SMILES string of the molecule is Brc1cncc(C(c2ccc[nH]2)c2ccc[nH]2)c1. The zero-order valence-corrected chi connectivity index (χ0v) is 11.2. The molecule has 0 atom stereocenters. The van der Waals surface area contributed by atoms with Crippen molar-refractivity contribution in [1.82, 2.24) is 15.0 Å². The van der Waals surface area contributed by atoms with Crippen molar-refractivity contribution in [1.29, 1.82) is 0 Å². The van der Waals surface area contributed by atoms with Crippen LogP contribution in [0.1, 0.15) is 22.9 Å². The third-order valence-corrected chi connectivity index (χ3v) is 3.36. The predicted octanol–water partition coefficient (Wildman–Crippen LogP) is 3.68. The Morgan fingerprint density at radius 3 is 2.17 bits per heavy atom. The van der Waals surface area contributed by atoms with Gasteiger partial charge in [0.25, 0.3) is 0 Å². The topological polar surface area (TPSA) is 44.5 Å². The summed E-state index contributed by atoms with van der Waals surface area (Å²) in [6, 6.07) is 10.3. The summed E-state index contributed by atoms with van der Waals surface area (Å²) < 4.78 is 0.989. The number of pyridine rings is 1. The minimum absolute atomic E-state index is 0.153. The van der Waals surface area contributed by atoms with E-state index < -0.39 is 0 Å². The fourth-order valence-corrected chi connectivity index (χ4v) is 2.54. The number of H-pyrrole nitrogens is 2. The molecule has 3 aromatic heterocycles. The molecule has 2 N–H and O–H groups in total. The number of hydrogen-bond acceptors (Lipinski definition) is 1. The smallest absolute Gasteiger partial charge is 0.0656 e. The molecule has 4 heteroatoms. The number of hydrogen-bond donors (Lipinski definition) is 2. The van der Waals surface area contributed by atoms with Crippen LogP contribution in [0.4, 0.5) is 0 Å². The molecule has 0 bridgehead atoms. The van der Waals surface area contributed by atoms with Crippen molar-refractivity contribution in [3.05, 3.63) is 76.5 Å². The fourth-order valence-electron chi connectivity index (χ4n) is 2.16. The zero-order chi connectivity index (χ0) is 12.4. The largest absolute Gasteiger partial charge is 0.364 e. The number of aromatic nitrogens is 3. The van der Waals surface area contributed by atoms with Crippen LogP contribution in [0.2, 0.25) is 0 Å². The summed E-state index contributed by atoms with van der Waals surface area (Å²) in [6.07, 6.45) is 7.58. The van der Waals surface area contributed by atoms with Gasteiger partial charge in [0.15, 0.2) is 0 Å². The molecule has 3 rings (SSSR count). The standard InChI is InChI=1S/C14H12BrN3/c15-11-7-10(8-16-9-11)14(12-3-1-5-17-12)13-4-2-6-18-13/h1-9,14,17-18H. The van der Waals surface area contributed by atoms with E-state index >= 15 is 0 Å². The highest BCUT2D eigenvalue weighted by molar-refractivity contribution is 9.10. The normalized spacial score (nSPS) is 11.0. The summed E-state index contributed by atoms with van der Waals surface area (Å²) in [7, 11) is 0. The second-order valence-electron chi connectivity index (χ2n) is 4.12. The van der Waals surface area contributed by atoms with Gasteiger partial charge < -0.3 is 9.97 Å². The average Bonchev–Trinajstić information content (AvgIpc) is 3.02. The van der Waals surface area contributed by atoms with Crippen LogP contribution in [0.15, 0.2) is 59.6 Å². The van der Waals surface area contributed by atoms with Crippen molar-refractivity contribution >= 4 is 15.9 Å². The van der Waals surface area contributed by atoms with Gasteiger partial charge in [-0.15, -0.1) is 0 Å². The Labute approximate surface area is 113 Å². The molecule has 3 heterocycles. The molecule has 0 aliphatic rings. The minimum Gasteiger partial charge on any atom is -0.364 e. The molecule has 0 fully saturated rings. The Hall–Kier alpha value is -1.81. The maximum absolute atomic E-state index is 4.25. The lowest BCUT2D eigenvalue weighted by molar-refractivity contribution is 0.888. The minimum atomic E-state index is 0.153. The van der Waals surface area contributed by atoms with Crippen LogP contribution in [0.5, 0.6) is 0 Å². The van der Waals surface area contributed by atoms with Crippen molar-refractivity contribution in [3.63, 3.8) is 0 Å². The summed E-state index contributed by atoms with van der Waals surface area (Å²) in [5, 5.41) is 0. The van der Waals surface area contributed by atoms with Crippen molar-refractivity contribution in [3.8, 4) is 0 Å². The van der Waals surface area contributed by atoms with Crippen LogP contribution < -0.4 is 0 Å². The van der Waals surface area contributed by atoms with Gasteiger partial charge >= 0.3 is 0 Å².